The predicted molar refractivity (Wildman–Crippen MR) is 103 cm³/mol. The minimum absolute atomic E-state index is 0.450. The molecular weight excluding hydrogens is 328 g/mol. The van der Waals surface area contributed by atoms with Crippen molar-refractivity contribution in [1.29, 1.82) is 0 Å². The first kappa shape index (κ1) is 18.2. The van der Waals surface area contributed by atoms with Gasteiger partial charge >= 0.3 is 0 Å². The molecule has 1 heterocycles. The Kier molecular flexibility index (Phi) is 5.75. The lowest BCUT2D eigenvalue weighted by Gasteiger charge is -2.41. The van der Waals surface area contributed by atoms with Crippen LogP contribution in [-0.2, 0) is 6.54 Å². The van der Waals surface area contributed by atoms with Gasteiger partial charge < -0.3 is 15.4 Å². The lowest BCUT2D eigenvalue weighted by Crippen LogP contribution is -2.46. The van der Waals surface area contributed by atoms with Crippen LogP contribution in [0.2, 0.25) is 0 Å². The first-order valence-electron chi connectivity index (χ1n) is 9.18. The molecule has 7 heteroatoms. The fourth-order valence-electron chi connectivity index (χ4n) is 3.23. The van der Waals surface area contributed by atoms with Gasteiger partial charge in [0.05, 0.1) is 13.7 Å². The lowest BCUT2D eigenvalue weighted by molar-refractivity contribution is 0.131. The van der Waals surface area contributed by atoms with E-state index in [-0.39, 0.29) is 0 Å². The molecule has 3 N–H and O–H groups in total. The zero-order chi connectivity index (χ0) is 18.4. The number of nitrogens with one attached hydrogen (secondary N) is 3. The van der Waals surface area contributed by atoms with Crippen LogP contribution in [0.3, 0.4) is 0 Å². The zero-order valence-electron chi connectivity index (χ0n) is 15.8. The van der Waals surface area contributed by atoms with Crippen molar-refractivity contribution in [2.75, 3.05) is 20.7 Å². The Labute approximate surface area is 154 Å². The van der Waals surface area contributed by atoms with Crippen molar-refractivity contribution in [2.45, 2.75) is 39.2 Å². The molecule has 1 aliphatic carbocycles. The summed E-state index contributed by atoms with van der Waals surface area (Å²) in [5.41, 5.74) is 1.40. The van der Waals surface area contributed by atoms with Gasteiger partial charge in [0, 0.05) is 19.2 Å². The topological polar surface area (TPSA) is 87.2 Å². The molecule has 1 saturated carbocycles. The fourth-order valence-corrected chi connectivity index (χ4v) is 3.23. The van der Waals surface area contributed by atoms with Gasteiger partial charge in [0.25, 0.3) is 0 Å². The molecule has 0 bridgehead atoms. The van der Waals surface area contributed by atoms with E-state index in [1.54, 1.807) is 14.2 Å². The number of aliphatic imine (C=N–C) groups is 1. The molecule has 1 aromatic heterocycles. The van der Waals surface area contributed by atoms with Crippen LogP contribution in [0.1, 0.15) is 38.4 Å². The highest BCUT2D eigenvalue weighted by Crippen LogP contribution is 2.42. The zero-order valence-corrected chi connectivity index (χ0v) is 15.8. The van der Waals surface area contributed by atoms with Crippen LogP contribution in [0.5, 0.6) is 5.75 Å². The number of benzene rings is 1. The Balaban J connectivity index is 1.53. The van der Waals surface area contributed by atoms with Gasteiger partial charge in [-0.05, 0) is 48.9 Å². The van der Waals surface area contributed by atoms with E-state index in [2.05, 4.69) is 37.7 Å². The number of ether oxygens (including phenoxy) is 1. The summed E-state index contributed by atoms with van der Waals surface area (Å²) in [5.74, 6) is 3.06. The van der Waals surface area contributed by atoms with Crippen LogP contribution in [0.4, 0.5) is 0 Å². The summed E-state index contributed by atoms with van der Waals surface area (Å²) in [6.07, 6.45) is 5.17. The minimum Gasteiger partial charge on any atom is -0.497 e. The van der Waals surface area contributed by atoms with Crippen molar-refractivity contribution in [2.24, 2.45) is 10.4 Å². The van der Waals surface area contributed by atoms with Gasteiger partial charge in [0.2, 0.25) is 0 Å². The third-order valence-electron chi connectivity index (χ3n) is 5.32. The number of hydrogen-bond acceptors (Lipinski definition) is 4. The average Bonchev–Trinajstić information content (AvgIpc) is 3.12. The van der Waals surface area contributed by atoms with Gasteiger partial charge in [-0.1, -0.05) is 13.3 Å². The van der Waals surface area contributed by atoms with Crippen molar-refractivity contribution < 1.29 is 4.74 Å². The highest BCUT2D eigenvalue weighted by molar-refractivity contribution is 5.79. The van der Waals surface area contributed by atoms with Gasteiger partial charge in [-0.3, -0.25) is 10.1 Å². The van der Waals surface area contributed by atoms with Crippen molar-refractivity contribution >= 4 is 5.96 Å². The molecule has 0 spiro atoms. The van der Waals surface area contributed by atoms with Gasteiger partial charge in [-0.25, -0.2) is 4.98 Å². The fraction of sp³-hybridized carbons (Fsp3) is 0.526. The molecule has 1 aliphatic rings. The maximum Gasteiger partial charge on any atom is 0.191 e. The summed E-state index contributed by atoms with van der Waals surface area (Å²) in [6.45, 7) is 3.78. The lowest BCUT2D eigenvalue weighted by atomic mass is 9.67. The molecule has 0 saturated heterocycles. The number of nitrogens with zero attached hydrogens (tertiary/aromatic N) is 3. The highest BCUT2D eigenvalue weighted by Gasteiger charge is 2.34. The summed E-state index contributed by atoms with van der Waals surface area (Å²) in [7, 11) is 3.44. The number of aromatic amines is 1. The van der Waals surface area contributed by atoms with E-state index in [4.69, 9.17) is 4.74 Å². The summed E-state index contributed by atoms with van der Waals surface area (Å²) in [6, 6.07) is 7.70. The van der Waals surface area contributed by atoms with Crippen LogP contribution in [0, 0.1) is 5.41 Å². The smallest absolute Gasteiger partial charge is 0.191 e. The Morgan fingerprint density at radius 2 is 2.04 bits per heavy atom. The van der Waals surface area contributed by atoms with Crippen molar-refractivity contribution in [3.8, 4) is 17.1 Å². The second kappa shape index (κ2) is 8.21. The molecular formula is C19H28N6O. The standard InChI is InChI=1S/C19H28N6O/c1-4-19(10-5-11-19)13-22-18(20-2)21-12-16-23-17(25-24-16)14-6-8-15(26-3)9-7-14/h6-9H,4-5,10-13H2,1-3H3,(H2,20,21,22)(H,23,24,25). The second-order valence-corrected chi connectivity index (χ2v) is 6.82. The number of rotatable bonds is 7. The molecule has 0 radical (unpaired) electrons. The van der Waals surface area contributed by atoms with E-state index < -0.39 is 0 Å². The number of guanidine groups is 1. The molecule has 7 nitrogen and oxygen atoms in total. The van der Waals surface area contributed by atoms with E-state index >= 15 is 0 Å². The first-order valence-corrected chi connectivity index (χ1v) is 9.18. The summed E-state index contributed by atoms with van der Waals surface area (Å²) in [5, 5.41) is 14.0. The second-order valence-electron chi connectivity index (χ2n) is 6.82. The van der Waals surface area contributed by atoms with E-state index in [1.165, 1.54) is 25.7 Å². The Bertz CT molecular complexity index is 727. The summed E-state index contributed by atoms with van der Waals surface area (Å²) >= 11 is 0. The van der Waals surface area contributed by atoms with E-state index in [0.717, 1.165) is 29.6 Å². The quantitative estimate of drug-likeness (QED) is 0.524. The maximum atomic E-state index is 5.18. The number of aromatic nitrogens is 3. The molecule has 2 aromatic rings. The number of methoxy groups -OCH3 is 1. The van der Waals surface area contributed by atoms with Crippen LogP contribution < -0.4 is 15.4 Å². The number of hydrogen-bond donors (Lipinski definition) is 3. The first-order chi connectivity index (χ1) is 12.7. The molecule has 0 amide bonds. The molecule has 1 fully saturated rings. The van der Waals surface area contributed by atoms with Crippen molar-refractivity contribution in [3.63, 3.8) is 0 Å². The molecule has 3 rings (SSSR count). The van der Waals surface area contributed by atoms with Crippen molar-refractivity contribution in [3.05, 3.63) is 30.1 Å². The predicted octanol–water partition coefficient (Wildman–Crippen LogP) is 2.73. The maximum absolute atomic E-state index is 5.18. The Hall–Kier alpha value is -2.57. The molecule has 0 atom stereocenters. The van der Waals surface area contributed by atoms with Gasteiger partial charge in [-0.2, -0.15) is 5.10 Å². The Morgan fingerprint density at radius 3 is 2.62 bits per heavy atom. The van der Waals surface area contributed by atoms with Gasteiger partial charge in [0.1, 0.15) is 11.6 Å². The minimum atomic E-state index is 0.450. The monoisotopic (exact) mass is 356 g/mol. The Morgan fingerprint density at radius 1 is 1.27 bits per heavy atom. The molecule has 0 aliphatic heterocycles. The van der Waals surface area contributed by atoms with E-state index in [1.807, 2.05) is 24.3 Å². The van der Waals surface area contributed by atoms with Crippen LogP contribution >= 0.6 is 0 Å². The third kappa shape index (κ3) is 4.15. The van der Waals surface area contributed by atoms with Crippen LogP contribution in [-0.4, -0.2) is 41.8 Å². The molecule has 140 valence electrons. The SMILES string of the molecule is CCC1(CNC(=NC)NCc2nc(-c3ccc(OC)cc3)n[nH]2)CCC1. The van der Waals surface area contributed by atoms with Crippen LogP contribution in [0.25, 0.3) is 11.4 Å². The van der Waals surface area contributed by atoms with Gasteiger partial charge in [0.15, 0.2) is 11.8 Å². The van der Waals surface area contributed by atoms with Crippen molar-refractivity contribution in [1.82, 2.24) is 25.8 Å². The summed E-state index contributed by atoms with van der Waals surface area (Å²) < 4.78 is 5.18. The third-order valence-corrected chi connectivity index (χ3v) is 5.32. The van der Waals surface area contributed by atoms with E-state index in [9.17, 15) is 0 Å². The highest BCUT2D eigenvalue weighted by atomic mass is 16.5. The summed E-state index contributed by atoms with van der Waals surface area (Å²) in [4.78, 5) is 8.84. The molecule has 0 unspecified atom stereocenters. The largest absolute Gasteiger partial charge is 0.497 e. The normalized spacial score (nSPS) is 16.0. The molecule has 26 heavy (non-hydrogen) atoms. The number of H-pyrrole nitrogens is 1. The van der Waals surface area contributed by atoms with E-state index in [0.29, 0.717) is 17.8 Å². The van der Waals surface area contributed by atoms with Crippen LogP contribution in [0.15, 0.2) is 29.3 Å². The van der Waals surface area contributed by atoms with Gasteiger partial charge in [-0.15, -0.1) is 0 Å². The molecule has 1 aromatic carbocycles. The average molecular weight is 356 g/mol.